The summed E-state index contributed by atoms with van der Waals surface area (Å²) in [6, 6.07) is 12.6. The highest BCUT2D eigenvalue weighted by Crippen LogP contribution is 2.34. The highest BCUT2D eigenvalue weighted by atomic mass is 16.2. The molecule has 0 unspecified atom stereocenters. The molecular weight excluding hydrogens is 390 g/mol. The highest BCUT2D eigenvalue weighted by Gasteiger charge is 2.40. The number of amides is 1. The Hall–Kier alpha value is -3.25. The summed E-state index contributed by atoms with van der Waals surface area (Å²) >= 11 is 0. The number of anilines is 1. The lowest BCUT2D eigenvalue weighted by molar-refractivity contribution is -0.116. The van der Waals surface area contributed by atoms with Crippen LogP contribution in [0.25, 0.3) is 0 Å². The average Bonchev–Trinajstić information content (AvgIpc) is 2.72. The Morgan fingerprint density at radius 2 is 1.42 bits per heavy atom. The molecule has 160 valence electrons. The Kier molecular flexibility index (Phi) is 5.50. The van der Waals surface area contributed by atoms with Gasteiger partial charge in [0.1, 0.15) is 11.4 Å². The number of allylic oxidation sites excluding steroid dienone is 2. The second-order valence-electron chi connectivity index (χ2n) is 8.39. The molecule has 31 heavy (non-hydrogen) atoms. The van der Waals surface area contributed by atoms with Crippen molar-refractivity contribution in [2.45, 2.75) is 20.8 Å². The highest BCUT2D eigenvalue weighted by molar-refractivity contribution is 6.29. The van der Waals surface area contributed by atoms with Gasteiger partial charge in [0.05, 0.1) is 0 Å². The van der Waals surface area contributed by atoms with Gasteiger partial charge in [-0.1, -0.05) is 30.3 Å². The molecule has 0 spiro atoms. The first-order valence-corrected chi connectivity index (χ1v) is 10.5. The molecule has 0 radical (unpaired) electrons. The first kappa shape index (κ1) is 21.0. The van der Waals surface area contributed by atoms with Crippen LogP contribution in [0.4, 0.5) is 5.69 Å². The van der Waals surface area contributed by atoms with Crippen molar-refractivity contribution in [1.29, 1.82) is 0 Å². The van der Waals surface area contributed by atoms with E-state index in [4.69, 9.17) is 0 Å². The average molecular weight is 418 g/mol. The molecule has 1 amide bonds. The minimum absolute atomic E-state index is 0.158. The standard InChI is InChI=1S/C25H27N3O3/c1-16-13-17(2)15-19(14-16)28(18(3)29)23-22(27-11-9-26(4)10-12-27)24(30)20-7-5-6-8-21(20)25(23)31/h5-8,13-15H,9-12H2,1-4H3. The summed E-state index contributed by atoms with van der Waals surface area (Å²) in [6.45, 7) is 8.14. The molecule has 2 aliphatic rings. The van der Waals surface area contributed by atoms with Crippen LogP contribution >= 0.6 is 0 Å². The molecule has 6 nitrogen and oxygen atoms in total. The van der Waals surface area contributed by atoms with Crippen LogP contribution in [0.1, 0.15) is 38.8 Å². The van der Waals surface area contributed by atoms with Gasteiger partial charge in [0.15, 0.2) is 0 Å². The topological polar surface area (TPSA) is 60.9 Å². The van der Waals surface area contributed by atoms with Gasteiger partial charge in [0, 0.05) is 49.9 Å². The number of rotatable bonds is 3. The van der Waals surface area contributed by atoms with E-state index in [1.54, 1.807) is 24.3 Å². The fourth-order valence-electron chi connectivity index (χ4n) is 4.43. The Bertz CT molecular complexity index is 1090. The number of fused-ring (bicyclic) bond motifs is 1. The first-order chi connectivity index (χ1) is 14.8. The smallest absolute Gasteiger partial charge is 0.228 e. The van der Waals surface area contributed by atoms with Crippen molar-refractivity contribution in [3.05, 3.63) is 76.1 Å². The van der Waals surface area contributed by atoms with Gasteiger partial charge in [-0.3, -0.25) is 19.3 Å². The number of ketones is 2. The van der Waals surface area contributed by atoms with E-state index in [2.05, 4.69) is 4.90 Å². The van der Waals surface area contributed by atoms with Crippen molar-refractivity contribution >= 4 is 23.2 Å². The zero-order valence-electron chi connectivity index (χ0n) is 18.4. The van der Waals surface area contributed by atoms with E-state index in [0.29, 0.717) is 35.6 Å². The van der Waals surface area contributed by atoms with Crippen molar-refractivity contribution in [2.75, 3.05) is 38.1 Å². The van der Waals surface area contributed by atoms with Gasteiger partial charge in [-0.2, -0.15) is 0 Å². The molecule has 1 heterocycles. The summed E-state index contributed by atoms with van der Waals surface area (Å²) in [6.07, 6.45) is 0. The molecule has 1 fully saturated rings. The molecule has 4 rings (SSSR count). The van der Waals surface area contributed by atoms with Crippen molar-refractivity contribution in [1.82, 2.24) is 9.80 Å². The van der Waals surface area contributed by atoms with Gasteiger partial charge in [0.25, 0.3) is 0 Å². The SMILES string of the molecule is CC(=O)N(C1=C(N2CCN(C)CC2)C(=O)c2ccccc2C1=O)c1cc(C)cc(C)c1. The Balaban J connectivity index is 1.96. The molecule has 0 saturated carbocycles. The number of hydrogen-bond acceptors (Lipinski definition) is 5. The molecule has 2 aromatic rings. The zero-order chi connectivity index (χ0) is 22.3. The van der Waals surface area contributed by atoms with Crippen LogP contribution in [0.15, 0.2) is 53.9 Å². The molecule has 1 aliphatic carbocycles. The maximum atomic E-state index is 13.7. The molecule has 6 heteroatoms. The van der Waals surface area contributed by atoms with Gasteiger partial charge in [0.2, 0.25) is 17.5 Å². The lowest BCUT2D eigenvalue weighted by Gasteiger charge is -2.39. The number of hydrogen-bond donors (Lipinski definition) is 0. The normalized spacial score (nSPS) is 17.1. The minimum atomic E-state index is -0.299. The number of Topliss-reactive ketones (excluding diaryl/α,β-unsaturated/α-hetero) is 2. The van der Waals surface area contributed by atoms with Crippen LogP contribution < -0.4 is 4.90 Å². The predicted molar refractivity (Wildman–Crippen MR) is 120 cm³/mol. The third-order valence-electron chi connectivity index (χ3n) is 5.89. The van der Waals surface area contributed by atoms with E-state index < -0.39 is 0 Å². The van der Waals surface area contributed by atoms with E-state index in [-0.39, 0.29) is 23.2 Å². The largest absolute Gasteiger partial charge is 0.364 e. The Morgan fingerprint density at radius 1 is 0.871 bits per heavy atom. The molecule has 1 aliphatic heterocycles. The summed E-state index contributed by atoms with van der Waals surface area (Å²) in [5.41, 5.74) is 3.80. The Labute approximate surface area is 182 Å². The maximum Gasteiger partial charge on any atom is 0.228 e. The summed E-state index contributed by atoms with van der Waals surface area (Å²) in [5, 5.41) is 0. The van der Waals surface area contributed by atoms with Gasteiger partial charge in [-0.25, -0.2) is 0 Å². The molecular formula is C25H27N3O3. The van der Waals surface area contributed by atoms with Crippen molar-refractivity contribution in [2.24, 2.45) is 0 Å². The summed E-state index contributed by atoms with van der Waals surface area (Å²) in [7, 11) is 2.03. The number of likely N-dealkylation sites (N-methyl/N-ethyl adjacent to an activating group) is 1. The van der Waals surface area contributed by atoms with Gasteiger partial charge >= 0.3 is 0 Å². The Morgan fingerprint density at radius 3 is 1.97 bits per heavy atom. The third-order valence-corrected chi connectivity index (χ3v) is 5.89. The summed E-state index contributed by atoms with van der Waals surface area (Å²) in [4.78, 5) is 45.9. The number of nitrogens with zero attached hydrogens (tertiary/aromatic N) is 3. The molecule has 1 saturated heterocycles. The van der Waals surface area contributed by atoms with E-state index >= 15 is 0 Å². The van der Waals surface area contributed by atoms with E-state index in [1.807, 2.05) is 44.0 Å². The predicted octanol–water partition coefficient (Wildman–Crippen LogP) is 3.19. The first-order valence-electron chi connectivity index (χ1n) is 10.5. The van der Waals surface area contributed by atoms with Crippen LogP contribution in [0.2, 0.25) is 0 Å². The van der Waals surface area contributed by atoms with E-state index in [1.165, 1.54) is 11.8 Å². The fourth-order valence-corrected chi connectivity index (χ4v) is 4.43. The number of carbonyl (C=O) groups excluding carboxylic acids is 3. The van der Waals surface area contributed by atoms with Gasteiger partial charge < -0.3 is 9.80 Å². The molecule has 2 aromatic carbocycles. The van der Waals surface area contributed by atoms with Crippen LogP contribution in [0.5, 0.6) is 0 Å². The fraction of sp³-hybridized carbons (Fsp3) is 0.320. The molecule has 0 aromatic heterocycles. The second-order valence-corrected chi connectivity index (χ2v) is 8.39. The van der Waals surface area contributed by atoms with E-state index in [9.17, 15) is 14.4 Å². The van der Waals surface area contributed by atoms with Crippen LogP contribution in [-0.4, -0.2) is 60.5 Å². The zero-order valence-corrected chi connectivity index (χ0v) is 18.4. The van der Waals surface area contributed by atoms with Crippen molar-refractivity contribution in [3.8, 4) is 0 Å². The third kappa shape index (κ3) is 3.79. The number of piperazine rings is 1. The van der Waals surface area contributed by atoms with Gasteiger partial charge in [-0.05, 0) is 44.2 Å². The van der Waals surface area contributed by atoms with Crippen LogP contribution in [0.3, 0.4) is 0 Å². The lowest BCUT2D eigenvalue weighted by Crippen LogP contribution is -2.49. The van der Waals surface area contributed by atoms with Gasteiger partial charge in [-0.15, -0.1) is 0 Å². The minimum Gasteiger partial charge on any atom is -0.364 e. The maximum absolute atomic E-state index is 13.7. The number of aryl methyl sites for hydroxylation is 2. The number of benzene rings is 2. The van der Waals surface area contributed by atoms with Crippen molar-refractivity contribution in [3.63, 3.8) is 0 Å². The quantitative estimate of drug-likeness (QED) is 0.768. The molecule has 0 atom stereocenters. The summed E-state index contributed by atoms with van der Waals surface area (Å²) < 4.78 is 0. The number of carbonyl (C=O) groups is 3. The molecule has 0 N–H and O–H groups in total. The summed E-state index contributed by atoms with van der Waals surface area (Å²) in [5.74, 6) is -0.795. The van der Waals surface area contributed by atoms with Crippen LogP contribution in [0, 0.1) is 13.8 Å². The molecule has 0 bridgehead atoms. The van der Waals surface area contributed by atoms with Crippen molar-refractivity contribution < 1.29 is 14.4 Å². The second kappa shape index (κ2) is 8.12. The van der Waals surface area contributed by atoms with Crippen LogP contribution in [-0.2, 0) is 4.79 Å². The lowest BCUT2D eigenvalue weighted by atomic mass is 9.88. The van der Waals surface area contributed by atoms with E-state index in [0.717, 1.165) is 24.2 Å². The monoisotopic (exact) mass is 417 g/mol.